The predicted octanol–water partition coefficient (Wildman–Crippen LogP) is 3.14. The molecule has 5 heteroatoms. The van der Waals surface area contributed by atoms with E-state index in [2.05, 4.69) is 0 Å². The molecule has 1 N–H and O–H groups in total. The third-order valence-electron chi connectivity index (χ3n) is 4.17. The Hall–Kier alpha value is -2.56. The summed E-state index contributed by atoms with van der Waals surface area (Å²) < 4.78 is 21.5. The average molecular weight is 316 g/mol. The summed E-state index contributed by atoms with van der Waals surface area (Å²) in [5.74, 6) is 2.63. The number of hydrogen-bond acceptors (Lipinski definition) is 5. The molecule has 0 bridgehead atoms. The van der Waals surface area contributed by atoms with Gasteiger partial charge in [-0.05, 0) is 24.1 Å². The summed E-state index contributed by atoms with van der Waals surface area (Å²) in [7, 11) is 4.69. The number of phenolic OH excluding ortho intramolecular Hbond substituents is 1. The van der Waals surface area contributed by atoms with Crippen LogP contribution in [0.3, 0.4) is 0 Å². The van der Waals surface area contributed by atoms with Crippen LogP contribution in [-0.4, -0.2) is 33.0 Å². The summed E-state index contributed by atoms with van der Waals surface area (Å²) >= 11 is 0. The summed E-state index contributed by atoms with van der Waals surface area (Å²) in [4.78, 5) is 0. The Morgan fingerprint density at radius 3 is 2.57 bits per heavy atom. The lowest BCUT2D eigenvalue weighted by Gasteiger charge is -2.27. The fourth-order valence-corrected chi connectivity index (χ4v) is 2.93. The van der Waals surface area contributed by atoms with Crippen molar-refractivity contribution in [3.63, 3.8) is 0 Å². The van der Waals surface area contributed by atoms with Crippen molar-refractivity contribution in [2.45, 2.75) is 12.3 Å². The maximum absolute atomic E-state index is 10.5. The van der Waals surface area contributed by atoms with Crippen LogP contribution in [0.1, 0.15) is 17.0 Å². The van der Waals surface area contributed by atoms with Crippen molar-refractivity contribution in [1.29, 1.82) is 0 Å². The number of rotatable bonds is 4. The van der Waals surface area contributed by atoms with Crippen LogP contribution in [0.2, 0.25) is 0 Å². The van der Waals surface area contributed by atoms with Crippen LogP contribution in [0.4, 0.5) is 0 Å². The van der Waals surface area contributed by atoms with Gasteiger partial charge in [0, 0.05) is 17.5 Å². The van der Waals surface area contributed by atoms with Crippen LogP contribution in [0.25, 0.3) is 0 Å². The zero-order chi connectivity index (χ0) is 16.4. The van der Waals surface area contributed by atoms with E-state index in [0.29, 0.717) is 18.1 Å². The molecule has 23 heavy (non-hydrogen) atoms. The van der Waals surface area contributed by atoms with Gasteiger partial charge in [-0.1, -0.05) is 12.1 Å². The number of fused-ring (bicyclic) bond motifs is 1. The van der Waals surface area contributed by atoms with E-state index in [1.54, 1.807) is 20.3 Å². The fraction of sp³-hybridized carbons (Fsp3) is 0.333. The van der Waals surface area contributed by atoms with Gasteiger partial charge in [0.2, 0.25) is 5.75 Å². The van der Waals surface area contributed by atoms with Crippen molar-refractivity contribution in [3.8, 4) is 28.7 Å². The number of methoxy groups -OCH3 is 3. The van der Waals surface area contributed by atoms with Crippen LogP contribution in [-0.2, 0) is 6.42 Å². The number of benzene rings is 2. The number of phenols is 1. The van der Waals surface area contributed by atoms with Crippen LogP contribution in [0.15, 0.2) is 30.3 Å². The molecule has 0 saturated carbocycles. The van der Waals surface area contributed by atoms with E-state index in [0.717, 1.165) is 29.0 Å². The Morgan fingerprint density at radius 1 is 1.04 bits per heavy atom. The largest absolute Gasteiger partial charge is 0.504 e. The average Bonchev–Trinajstić information content (AvgIpc) is 2.60. The van der Waals surface area contributed by atoms with E-state index in [4.69, 9.17) is 18.9 Å². The minimum Gasteiger partial charge on any atom is -0.504 e. The Labute approximate surface area is 135 Å². The summed E-state index contributed by atoms with van der Waals surface area (Å²) in [6.45, 7) is 0.489. The minimum absolute atomic E-state index is 0.0516. The molecule has 1 aliphatic rings. The van der Waals surface area contributed by atoms with Gasteiger partial charge < -0.3 is 24.1 Å². The highest BCUT2D eigenvalue weighted by atomic mass is 16.5. The van der Waals surface area contributed by atoms with Gasteiger partial charge in [-0.25, -0.2) is 0 Å². The molecule has 0 aliphatic carbocycles. The molecular formula is C18H20O5. The lowest BCUT2D eigenvalue weighted by Crippen LogP contribution is -2.19. The van der Waals surface area contributed by atoms with Gasteiger partial charge in [-0.15, -0.1) is 0 Å². The first-order valence-corrected chi connectivity index (χ1v) is 7.41. The Morgan fingerprint density at radius 2 is 1.87 bits per heavy atom. The van der Waals surface area contributed by atoms with Gasteiger partial charge in [0.1, 0.15) is 11.5 Å². The maximum Gasteiger partial charge on any atom is 0.203 e. The molecule has 0 radical (unpaired) electrons. The SMILES string of the molecule is COc1ccc2c(c1)OCC(c1ccc(OC)c(OC)c1O)C2. The van der Waals surface area contributed by atoms with E-state index >= 15 is 0 Å². The third kappa shape index (κ3) is 2.74. The molecule has 0 fully saturated rings. The molecule has 0 saturated heterocycles. The van der Waals surface area contributed by atoms with E-state index in [-0.39, 0.29) is 11.7 Å². The molecule has 5 nitrogen and oxygen atoms in total. The molecule has 2 aromatic rings. The highest BCUT2D eigenvalue weighted by Gasteiger charge is 2.26. The van der Waals surface area contributed by atoms with Gasteiger partial charge in [0.15, 0.2) is 11.5 Å². The molecule has 1 atom stereocenters. The van der Waals surface area contributed by atoms with E-state index < -0.39 is 0 Å². The second-order valence-corrected chi connectivity index (χ2v) is 5.42. The lowest BCUT2D eigenvalue weighted by atomic mass is 9.89. The standard InChI is InChI=1S/C18H20O5/c1-20-13-5-4-11-8-12(10-23-16(11)9-13)14-6-7-15(21-2)18(22-3)17(14)19/h4-7,9,12,19H,8,10H2,1-3H3. The minimum atomic E-state index is 0.0516. The Bertz CT molecular complexity index is 711. The summed E-state index contributed by atoms with van der Waals surface area (Å²) in [6.07, 6.45) is 0.780. The highest BCUT2D eigenvalue weighted by molar-refractivity contribution is 5.56. The number of aromatic hydroxyl groups is 1. The molecule has 122 valence electrons. The molecule has 1 unspecified atom stereocenters. The van der Waals surface area contributed by atoms with Crippen molar-refractivity contribution in [2.24, 2.45) is 0 Å². The van der Waals surface area contributed by atoms with Crippen molar-refractivity contribution >= 4 is 0 Å². The number of ether oxygens (including phenoxy) is 4. The van der Waals surface area contributed by atoms with Gasteiger partial charge in [-0.3, -0.25) is 0 Å². The van der Waals surface area contributed by atoms with Crippen molar-refractivity contribution in [2.75, 3.05) is 27.9 Å². The monoisotopic (exact) mass is 316 g/mol. The van der Waals surface area contributed by atoms with E-state index in [9.17, 15) is 5.11 Å². The topological polar surface area (TPSA) is 57.2 Å². The van der Waals surface area contributed by atoms with E-state index in [1.807, 2.05) is 24.3 Å². The van der Waals surface area contributed by atoms with Gasteiger partial charge >= 0.3 is 0 Å². The maximum atomic E-state index is 10.5. The number of hydrogen-bond donors (Lipinski definition) is 1. The Balaban J connectivity index is 1.92. The molecule has 3 rings (SSSR count). The van der Waals surface area contributed by atoms with Gasteiger partial charge in [-0.2, -0.15) is 0 Å². The first-order chi connectivity index (χ1) is 11.2. The lowest BCUT2D eigenvalue weighted by molar-refractivity contribution is 0.256. The molecule has 1 aliphatic heterocycles. The smallest absolute Gasteiger partial charge is 0.203 e. The van der Waals surface area contributed by atoms with Gasteiger partial charge in [0.05, 0.1) is 27.9 Å². The highest BCUT2D eigenvalue weighted by Crippen LogP contribution is 2.44. The van der Waals surface area contributed by atoms with Crippen LogP contribution >= 0.6 is 0 Å². The summed E-state index contributed by atoms with van der Waals surface area (Å²) in [5, 5.41) is 10.5. The van der Waals surface area contributed by atoms with Crippen LogP contribution in [0, 0.1) is 0 Å². The first-order valence-electron chi connectivity index (χ1n) is 7.41. The molecule has 1 heterocycles. The van der Waals surface area contributed by atoms with Crippen LogP contribution < -0.4 is 18.9 Å². The third-order valence-corrected chi connectivity index (χ3v) is 4.17. The Kier molecular flexibility index (Phi) is 4.19. The second-order valence-electron chi connectivity index (χ2n) is 5.42. The molecule has 0 aromatic heterocycles. The molecule has 0 amide bonds. The quantitative estimate of drug-likeness (QED) is 0.939. The first kappa shape index (κ1) is 15.3. The van der Waals surface area contributed by atoms with Crippen molar-refractivity contribution < 1.29 is 24.1 Å². The summed E-state index contributed by atoms with van der Waals surface area (Å²) in [5.41, 5.74) is 1.89. The molecule has 0 spiro atoms. The molecular weight excluding hydrogens is 296 g/mol. The van der Waals surface area contributed by atoms with Crippen LogP contribution in [0.5, 0.6) is 28.7 Å². The predicted molar refractivity (Wildman–Crippen MR) is 86.1 cm³/mol. The van der Waals surface area contributed by atoms with Crippen molar-refractivity contribution in [1.82, 2.24) is 0 Å². The second kappa shape index (κ2) is 6.28. The van der Waals surface area contributed by atoms with Gasteiger partial charge in [0.25, 0.3) is 0 Å². The molecule has 2 aromatic carbocycles. The zero-order valence-electron chi connectivity index (χ0n) is 13.5. The van der Waals surface area contributed by atoms with Crippen molar-refractivity contribution in [3.05, 3.63) is 41.5 Å². The summed E-state index contributed by atoms with van der Waals surface area (Å²) in [6, 6.07) is 9.47. The van der Waals surface area contributed by atoms with E-state index in [1.165, 1.54) is 7.11 Å². The normalized spacial score (nSPS) is 16.2. The fourth-order valence-electron chi connectivity index (χ4n) is 2.93. The zero-order valence-corrected chi connectivity index (χ0v) is 13.5.